The van der Waals surface area contributed by atoms with E-state index in [0.29, 0.717) is 5.88 Å². The second-order valence-corrected chi connectivity index (χ2v) is 4.42. The minimum Gasteiger partial charge on any atom is -0.317 e. The van der Waals surface area contributed by atoms with Gasteiger partial charge in [-0.25, -0.2) is 0 Å². The van der Waals surface area contributed by atoms with E-state index in [9.17, 15) is 0 Å². The Morgan fingerprint density at radius 1 is 1.12 bits per heavy atom. The van der Waals surface area contributed by atoms with Crippen LogP contribution in [0.1, 0.15) is 22.8 Å². The summed E-state index contributed by atoms with van der Waals surface area (Å²) in [7, 11) is 1.96. The van der Waals surface area contributed by atoms with Gasteiger partial charge in [-0.05, 0) is 24.5 Å². The van der Waals surface area contributed by atoms with E-state index in [2.05, 4.69) is 41.4 Å². The third-order valence-electron chi connectivity index (χ3n) is 3.05. The predicted molar refractivity (Wildman–Crippen MR) is 69.1 cm³/mol. The van der Waals surface area contributed by atoms with Crippen molar-refractivity contribution in [2.45, 2.75) is 25.6 Å². The van der Waals surface area contributed by atoms with E-state index in [4.69, 9.17) is 11.6 Å². The zero-order valence-electron chi connectivity index (χ0n) is 10.2. The molecule has 0 bridgehead atoms. The third-order valence-corrected chi connectivity index (χ3v) is 3.29. The second kappa shape index (κ2) is 5.32. The van der Waals surface area contributed by atoms with Crippen molar-refractivity contribution < 1.29 is 0 Å². The monoisotopic (exact) mass is 249 g/mol. The van der Waals surface area contributed by atoms with Crippen LogP contribution >= 0.6 is 11.6 Å². The molecule has 0 aliphatic heterocycles. The van der Waals surface area contributed by atoms with Gasteiger partial charge in [0.2, 0.25) is 0 Å². The van der Waals surface area contributed by atoms with Crippen molar-refractivity contribution in [3.63, 3.8) is 0 Å². The molecule has 0 fully saturated rings. The van der Waals surface area contributed by atoms with Gasteiger partial charge in [0.05, 0.1) is 5.88 Å². The molecule has 17 heavy (non-hydrogen) atoms. The largest absolute Gasteiger partial charge is 0.317 e. The van der Waals surface area contributed by atoms with Crippen molar-refractivity contribution in [3.8, 4) is 0 Å². The highest BCUT2D eigenvalue weighted by Gasteiger charge is 2.07. The zero-order valence-corrected chi connectivity index (χ0v) is 10.9. The van der Waals surface area contributed by atoms with Crippen LogP contribution in [0.4, 0.5) is 0 Å². The highest BCUT2D eigenvalue weighted by atomic mass is 35.5. The average Bonchev–Trinajstić information content (AvgIpc) is 2.69. The minimum atomic E-state index is 0.411. The lowest BCUT2D eigenvalue weighted by Gasteiger charge is -2.05. The molecule has 0 radical (unpaired) electrons. The second-order valence-electron chi connectivity index (χ2n) is 4.15. The van der Waals surface area contributed by atoms with Crippen LogP contribution in [0, 0.1) is 6.92 Å². The van der Waals surface area contributed by atoms with Gasteiger partial charge in [0.1, 0.15) is 11.6 Å². The third kappa shape index (κ3) is 2.67. The van der Waals surface area contributed by atoms with Gasteiger partial charge in [0, 0.05) is 13.5 Å². The lowest BCUT2D eigenvalue weighted by atomic mass is 10.0. The van der Waals surface area contributed by atoms with Crippen molar-refractivity contribution in [2.75, 3.05) is 0 Å². The quantitative estimate of drug-likeness (QED) is 0.780. The number of nitrogens with zero attached hydrogens (tertiary/aromatic N) is 3. The Morgan fingerprint density at radius 2 is 1.82 bits per heavy atom. The minimum absolute atomic E-state index is 0.411. The summed E-state index contributed by atoms with van der Waals surface area (Å²) in [4.78, 5) is 0. The summed E-state index contributed by atoms with van der Waals surface area (Å²) in [5.41, 5.74) is 2.69. The molecule has 0 atom stereocenters. The average molecular weight is 250 g/mol. The normalized spacial score (nSPS) is 10.8. The predicted octanol–water partition coefficient (Wildman–Crippen LogP) is 2.65. The fraction of sp³-hybridized carbons (Fsp3) is 0.385. The Morgan fingerprint density at radius 3 is 2.47 bits per heavy atom. The van der Waals surface area contributed by atoms with Gasteiger partial charge in [0.25, 0.3) is 0 Å². The first kappa shape index (κ1) is 12.1. The number of aryl methyl sites for hydroxylation is 3. The van der Waals surface area contributed by atoms with Gasteiger partial charge in [-0.3, -0.25) is 0 Å². The molecule has 0 saturated carbocycles. The summed E-state index contributed by atoms with van der Waals surface area (Å²) in [6.45, 7) is 2.14. The van der Waals surface area contributed by atoms with Crippen molar-refractivity contribution in [2.24, 2.45) is 7.05 Å². The van der Waals surface area contributed by atoms with Gasteiger partial charge < -0.3 is 4.57 Å². The summed E-state index contributed by atoms with van der Waals surface area (Å²) < 4.78 is 1.98. The molecule has 2 rings (SSSR count). The number of halogens is 1. The smallest absolute Gasteiger partial charge is 0.147 e. The molecule has 3 nitrogen and oxygen atoms in total. The molecule has 90 valence electrons. The van der Waals surface area contributed by atoms with E-state index in [-0.39, 0.29) is 0 Å². The highest BCUT2D eigenvalue weighted by molar-refractivity contribution is 6.16. The van der Waals surface area contributed by atoms with Crippen LogP contribution in [0.2, 0.25) is 0 Å². The zero-order chi connectivity index (χ0) is 12.3. The number of benzene rings is 1. The van der Waals surface area contributed by atoms with Crippen LogP contribution in [0.5, 0.6) is 0 Å². The Balaban J connectivity index is 2.07. The lowest BCUT2D eigenvalue weighted by Crippen LogP contribution is -2.03. The van der Waals surface area contributed by atoms with Gasteiger partial charge in [-0.2, -0.15) is 0 Å². The van der Waals surface area contributed by atoms with Crippen molar-refractivity contribution >= 4 is 11.6 Å². The van der Waals surface area contributed by atoms with E-state index >= 15 is 0 Å². The molecule has 1 aromatic heterocycles. The maximum Gasteiger partial charge on any atom is 0.147 e. The Bertz CT molecular complexity index is 505. The first-order valence-electron chi connectivity index (χ1n) is 5.70. The van der Waals surface area contributed by atoms with Crippen LogP contribution < -0.4 is 0 Å². The fourth-order valence-electron chi connectivity index (χ4n) is 1.87. The number of hydrogen-bond acceptors (Lipinski definition) is 2. The molecule has 4 heteroatoms. The van der Waals surface area contributed by atoms with E-state index < -0.39 is 0 Å². The summed E-state index contributed by atoms with van der Waals surface area (Å²) >= 11 is 5.76. The molecular formula is C13H16ClN3. The molecule has 0 aliphatic rings. The first-order chi connectivity index (χ1) is 8.22. The number of hydrogen-bond donors (Lipinski definition) is 0. The Labute approximate surface area is 106 Å². The summed E-state index contributed by atoms with van der Waals surface area (Å²) in [6, 6.07) is 8.43. The van der Waals surface area contributed by atoms with Crippen LogP contribution in [0.15, 0.2) is 24.3 Å². The topological polar surface area (TPSA) is 30.7 Å². The molecule has 0 amide bonds. The molecule has 0 saturated heterocycles. The van der Waals surface area contributed by atoms with Gasteiger partial charge >= 0.3 is 0 Å². The molecule has 0 aliphatic carbocycles. The van der Waals surface area contributed by atoms with Crippen molar-refractivity contribution in [1.29, 1.82) is 0 Å². The molecule has 0 unspecified atom stereocenters. The number of aromatic nitrogens is 3. The Kier molecular flexibility index (Phi) is 3.79. The van der Waals surface area contributed by atoms with Gasteiger partial charge in [0.15, 0.2) is 0 Å². The van der Waals surface area contributed by atoms with Crippen molar-refractivity contribution in [1.82, 2.24) is 14.8 Å². The fourth-order valence-corrected chi connectivity index (χ4v) is 2.10. The summed E-state index contributed by atoms with van der Waals surface area (Å²) in [5, 5.41) is 8.21. The lowest BCUT2D eigenvalue weighted by molar-refractivity contribution is 0.750. The van der Waals surface area contributed by atoms with Gasteiger partial charge in [-0.15, -0.1) is 21.8 Å². The van der Waals surface area contributed by atoms with E-state index in [1.165, 1.54) is 11.1 Å². The SMILES string of the molecule is Cc1ccccc1CCc1nnc(CCl)n1C. The molecular weight excluding hydrogens is 234 g/mol. The standard InChI is InChI=1S/C13H16ClN3/c1-10-5-3-4-6-11(10)7-8-12-15-16-13(9-14)17(12)2/h3-6H,7-9H2,1-2H3. The number of alkyl halides is 1. The van der Waals surface area contributed by atoms with E-state index in [1.807, 2.05) is 11.6 Å². The maximum atomic E-state index is 5.76. The molecule has 1 heterocycles. The van der Waals surface area contributed by atoms with Gasteiger partial charge in [-0.1, -0.05) is 24.3 Å². The molecule has 1 aromatic carbocycles. The molecule has 0 N–H and O–H groups in total. The highest BCUT2D eigenvalue weighted by Crippen LogP contribution is 2.11. The van der Waals surface area contributed by atoms with Crippen molar-refractivity contribution in [3.05, 3.63) is 47.0 Å². The van der Waals surface area contributed by atoms with Crippen LogP contribution in [0.3, 0.4) is 0 Å². The van der Waals surface area contributed by atoms with Crippen LogP contribution in [-0.2, 0) is 25.8 Å². The van der Waals surface area contributed by atoms with E-state index in [1.54, 1.807) is 0 Å². The van der Waals surface area contributed by atoms with Crippen LogP contribution in [-0.4, -0.2) is 14.8 Å². The first-order valence-corrected chi connectivity index (χ1v) is 6.23. The molecule has 2 aromatic rings. The Hall–Kier alpha value is -1.35. The van der Waals surface area contributed by atoms with Crippen LogP contribution in [0.25, 0.3) is 0 Å². The number of rotatable bonds is 4. The maximum absolute atomic E-state index is 5.76. The van der Waals surface area contributed by atoms with E-state index in [0.717, 1.165) is 24.5 Å². The molecule has 0 spiro atoms. The summed E-state index contributed by atoms with van der Waals surface area (Å²) in [5.74, 6) is 2.23. The summed E-state index contributed by atoms with van der Waals surface area (Å²) in [6.07, 6.45) is 1.88.